The van der Waals surface area contributed by atoms with Crippen LogP contribution < -0.4 is 5.73 Å². The lowest BCUT2D eigenvalue weighted by Crippen LogP contribution is -2.15. The highest BCUT2D eigenvalue weighted by atomic mass is 79.9. The quantitative estimate of drug-likeness (QED) is 0.445. The molecule has 2 N–H and O–H groups in total. The van der Waals surface area contributed by atoms with E-state index in [1.807, 2.05) is 66.7 Å². The largest absolute Gasteiger partial charge is 0.356 e. The Hall–Kier alpha value is -2.21. The smallest absolute Gasteiger partial charge is 0.167 e. The fraction of sp³-hybridized carbons (Fsp3) is 0.100. The summed E-state index contributed by atoms with van der Waals surface area (Å²) < 4.78 is 6.28. The van der Waals surface area contributed by atoms with E-state index >= 15 is 0 Å². The van der Waals surface area contributed by atoms with E-state index in [1.165, 1.54) is 0 Å². The van der Waals surface area contributed by atoms with E-state index in [0.29, 0.717) is 6.42 Å². The molecule has 6 heteroatoms. The fourth-order valence-corrected chi connectivity index (χ4v) is 3.40. The Morgan fingerprint density at radius 3 is 2.58 bits per heavy atom. The molecule has 26 heavy (non-hydrogen) atoms. The summed E-state index contributed by atoms with van der Waals surface area (Å²) in [6.45, 7) is 0. The monoisotopic (exact) mass is 429 g/mol. The van der Waals surface area contributed by atoms with Crippen LogP contribution in [0.3, 0.4) is 0 Å². The molecule has 0 fully saturated rings. The minimum atomic E-state index is -0.187. The second-order valence-corrected chi connectivity index (χ2v) is 6.69. The molecule has 4 nitrogen and oxygen atoms in total. The average molecular weight is 431 g/mol. The van der Waals surface area contributed by atoms with Crippen molar-refractivity contribution in [2.24, 2.45) is 5.73 Å². The number of aromatic nitrogens is 2. The molecule has 0 radical (unpaired) electrons. The lowest BCUT2D eigenvalue weighted by Gasteiger charge is -2.15. The van der Waals surface area contributed by atoms with Gasteiger partial charge in [-0.2, -0.15) is 0 Å². The predicted molar refractivity (Wildman–Crippen MR) is 109 cm³/mol. The Morgan fingerprint density at radius 2 is 1.73 bits per heavy atom. The Kier molecular flexibility index (Phi) is 5.71. The molecular weight excluding hydrogens is 414 g/mol. The number of fused-ring (bicyclic) bond motifs is 1. The molecule has 4 rings (SSSR count). The number of pyridine rings is 1. The van der Waals surface area contributed by atoms with Crippen molar-refractivity contribution < 1.29 is 4.52 Å². The van der Waals surface area contributed by atoms with Gasteiger partial charge in [0.15, 0.2) is 5.58 Å². The van der Waals surface area contributed by atoms with Crippen LogP contribution in [0.25, 0.3) is 22.2 Å². The van der Waals surface area contributed by atoms with Crippen molar-refractivity contribution in [3.63, 3.8) is 0 Å². The van der Waals surface area contributed by atoms with Crippen LogP contribution in [0.2, 0.25) is 0 Å². The van der Waals surface area contributed by atoms with E-state index in [2.05, 4.69) is 26.1 Å². The van der Waals surface area contributed by atoms with Crippen molar-refractivity contribution in [1.82, 2.24) is 10.1 Å². The van der Waals surface area contributed by atoms with Crippen LogP contribution in [0.15, 0.2) is 75.9 Å². The molecule has 0 saturated carbocycles. The number of para-hydroxylation sites is 1. The molecule has 2 aromatic heterocycles. The predicted octanol–water partition coefficient (Wildman–Crippen LogP) is 5.32. The maximum atomic E-state index is 6.51. The van der Waals surface area contributed by atoms with Gasteiger partial charge in [0.25, 0.3) is 0 Å². The van der Waals surface area contributed by atoms with Crippen molar-refractivity contribution in [2.45, 2.75) is 12.5 Å². The number of halogens is 2. The number of hydrogen-bond acceptors (Lipinski definition) is 4. The number of nitrogens with zero attached hydrogens (tertiary/aromatic N) is 2. The first-order chi connectivity index (χ1) is 12.2. The summed E-state index contributed by atoms with van der Waals surface area (Å²) in [5.74, 6) is 0. The summed E-state index contributed by atoms with van der Waals surface area (Å²) in [4.78, 5) is 4.48. The molecule has 132 valence electrons. The highest BCUT2D eigenvalue weighted by molar-refractivity contribution is 9.10. The summed E-state index contributed by atoms with van der Waals surface area (Å²) in [6.07, 6.45) is 0.645. The zero-order chi connectivity index (χ0) is 17.2. The van der Waals surface area contributed by atoms with E-state index < -0.39 is 0 Å². The Labute approximate surface area is 166 Å². The van der Waals surface area contributed by atoms with E-state index in [1.54, 1.807) is 0 Å². The second kappa shape index (κ2) is 7.99. The van der Waals surface area contributed by atoms with Crippen LogP contribution in [0.4, 0.5) is 0 Å². The molecule has 0 unspecified atom stereocenters. The maximum absolute atomic E-state index is 6.51. The van der Waals surface area contributed by atoms with Crippen LogP contribution in [0.5, 0.6) is 0 Å². The molecule has 0 amide bonds. The standard InChI is InChI=1S/C20H16BrN3O.ClH/c21-19-11-5-6-13(23-19)12-17(22)14-7-1-2-8-15(14)20-16-9-3-4-10-18(16)25-24-20;/h1-11,17H,12,22H2;1H/t17-;/m0./s1. The van der Waals surface area contributed by atoms with Crippen LogP contribution in [-0.2, 0) is 6.42 Å². The summed E-state index contributed by atoms with van der Waals surface area (Å²) >= 11 is 3.41. The molecule has 0 bridgehead atoms. The normalized spacial score (nSPS) is 11.9. The summed E-state index contributed by atoms with van der Waals surface area (Å²) in [5.41, 5.74) is 11.1. The first kappa shape index (κ1) is 18.6. The molecule has 0 aliphatic rings. The van der Waals surface area contributed by atoms with Crippen LogP contribution >= 0.6 is 28.3 Å². The van der Waals surface area contributed by atoms with Crippen LogP contribution in [0, 0.1) is 0 Å². The first-order valence-corrected chi connectivity index (χ1v) is 8.82. The van der Waals surface area contributed by atoms with Gasteiger partial charge in [-0.15, -0.1) is 12.4 Å². The number of benzene rings is 2. The van der Waals surface area contributed by atoms with E-state index in [-0.39, 0.29) is 18.4 Å². The number of nitrogens with two attached hydrogens (primary N) is 1. The summed E-state index contributed by atoms with van der Waals surface area (Å²) in [6, 6.07) is 21.6. The van der Waals surface area contributed by atoms with Gasteiger partial charge in [-0.25, -0.2) is 4.98 Å². The topological polar surface area (TPSA) is 64.9 Å². The highest BCUT2D eigenvalue weighted by Gasteiger charge is 2.18. The third kappa shape index (κ3) is 3.65. The molecule has 0 aliphatic carbocycles. The van der Waals surface area contributed by atoms with E-state index in [9.17, 15) is 0 Å². The molecule has 0 spiro atoms. The molecule has 4 aromatic rings. The van der Waals surface area contributed by atoms with E-state index in [0.717, 1.165) is 38.1 Å². The maximum Gasteiger partial charge on any atom is 0.167 e. The van der Waals surface area contributed by atoms with Gasteiger partial charge in [0.1, 0.15) is 10.3 Å². The van der Waals surface area contributed by atoms with Gasteiger partial charge in [-0.05, 0) is 45.8 Å². The van der Waals surface area contributed by atoms with Crippen molar-refractivity contribution in [1.29, 1.82) is 0 Å². The first-order valence-electron chi connectivity index (χ1n) is 8.03. The molecule has 0 aliphatic heterocycles. The second-order valence-electron chi connectivity index (χ2n) is 5.88. The highest BCUT2D eigenvalue weighted by Crippen LogP contribution is 2.33. The average Bonchev–Trinajstić information content (AvgIpc) is 3.06. The minimum absolute atomic E-state index is 0. The van der Waals surface area contributed by atoms with Gasteiger partial charge in [-0.3, -0.25) is 0 Å². The zero-order valence-electron chi connectivity index (χ0n) is 13.8. The zero-order valence-corrected chi connectivity index (χ0v) is 16.2. The Balaban J connectivity index is 0.00000196. The van der Waals surface area contributed by atoms with Gasteiger partial charge in [0.05, 0.1) is 0 Å². The molecule has 2 aromatic carbocycles. The summed E-state index contributed by atoms with van der Waals surface area (Å²) in [5, 5.41) is 5.26. The minimum Gasteiger partial charge on any atom is -0.356 e. The van der Waals surface area contributed by atoms with Gasteiger partial charge in [0, 0.05) is 29.1 Å². The van der Waals surface area contributed by atoms with Gasteiger partial charge in [0.2, 0.25) is 0 Å². The SMILES string of the molecule is Cl.N[C@@H](Cc1cccc(Br)n1)c1ccccc1-c1noc2ccccc12. The van der Waals surface area contributed by atoms with E-state index in [4.69, 9.17) is 10.3 Å². The van der Waals surface area contributed by atoms with Crippen LogP contribution in [0.1, 0.15) is 17.3 Å². The molecule has 2 heterocycles. The number of rotatable bonds is 4. The van der Waals surface area contributed by atoms with Crippen LogP contribution in [-0.4, -0.2) is 10.1 Å². The third-order valence-electron chi connectivity index (χ3n) is 4.19. The Bertz CT molecular complexity index is 1030. The van der Waals surface area contributed by atoms with Crippen molar-refractivity contribution >= 4 is 39.3 Å². The Morgan fingerprint density at radius 1 is 0.962 bits per heavy atom. The molecular formula is C20H17BrClN3O. The summed E-state index contributed by atoms with van der Waals surface area (Å²) in [7, 11) is 0. The number of hydrogen-bond donors (Lipinski definition) is 1. The van der Waals surface area contributed by atoms with Gasteiger partial charge < -0.3 is 10.3 Å². The molecule has 1 atom stereocenters. The third-order valence-corrected chi connectivity index (χ3v) is 4.64. The van der Waals surface area contributed by atoms with Crippen molar-refractivity contribution in [2.75, 3.05) is 0 Å². The van der Waals surface area contributed by atoms with Gasteiger partial charge in [-0.1, -0.05) is 47.6 Å². The molecule has 0 saturated heterocycles. The van der Waals surface area contributed by atoms with Crippen molar-refractivity contribution in [3.05, 3.63) is 82.6 Å². The lowest BCUT2D eigenvalue weighted by molar-refractivity contribution is 0.459. The van der Waals surface area contributed by atoms with Crippen molar-refractivity contribution in [3.8, 4) is 11.3 Å². The lowest BCUT2D eigenvalue weighted by atomic mass is 9.94. The van der Waals surface area contributed by atoms with Gasteiger partial charge >= 0.3 is 0 Å². The fourth-order valence-electron chi connectivity index (χ4n) is 3.02.